The van der Waals surface area contributed by atoms with Gasteiger partial charge in [0.05, 0.1) is 5.69 Å². The molecule has 31 heavy (non-hydrogen) atoms. The summed E-state index contributed by atoms with van der Waals surface area (Å²) in [6.07, 6.45) is 2.18. The molecule has 0 radical (unpaired) electrons. The molecule has 0 saturated carbocycles. The highest BCUT2D eigenvalue weighted by atomic mass is 14.7. The van der Waals surface area contributed by atoms with Gasteiger partial charge in [-0.25, -0.2) is 0 Å². The Balaban J connectivity index is 1.71. The highest BCUT2D eigenvalue weighted by molar-refractivity contribution is 5.94. The fourth-order valence-corrected chi connectivity index (χ4v) is 4.78. The summed E-state index contributed by atoms with van der Waals surface area (Å²) < 4.78 is 0. The molecule has 4 aromatic carbocycles. The minimum atomic E-state index is 0.101. The molecule has 1 atom stereocenters. The van der Waals surface area contributed by atoms with Crippen molar-refractivity contribution in [1.82, 2.24) is 9.97 Å². The van der Waals surface area contributed by atoms with Crippen LogP contribution >= 0.6 is 0 Å². The normalized spacial score (nSPS) is 12.4. The van der Waals surface area contributed by atoms with Crippen molar-refractivity contribution in [2.75, 3.05) is 0 Å². The summed E-state index contributed by atoms with van der Waals surface area (Å²) in [5.74, 6) is 0.101. The van der Waals surface area contributed by atoms with E-state index in [0.29, 0.717) is 0 Å². The van der Waals surface area contributed by atoms with Crippen LogP contribution in [0.15, 0.2) is 115 Å². The number of fused-ring (bicyclic) bond motifs is 2. The van der Waals surface area contributed by atoms with E-state index in [1.165, 1.54) is 44.2 Å². The van der Waals surface area contributed by atoms with Crippen molar-refractivity contribution < 1.29 is 0 Å². The largest absolute Gasteiger partial charge is 0.361 e. The second-order valence-electron chi connectivity index (χ2n) is 7.96. The molecule has 2 N–H and O–H groups in total. The van der Waals surface area contributed by atoms with Gasteiger partial charge >= 0.3 is 0 Å². The van der Waals surface area contributed by atoms with Crippen LogP contribution in [-0.4, -0.2) is 9.97 Å². The molecule has 0 spiro atoms. The van der Waals surface area contributed by atoms with Crippen molar-refractivity contribution in [3.63, 3.8) is 0 Å². The van der Waals surface area contributed by atoms with Crippen LogP contribution in [0.5, 0.6) is 0 Å². The molecule has 0 amide bonds. The number of benzene rings is 4. The zero-order valence-corrected chi connectivity index (χ0v) is 17.0. The monoisotopic (exact) mass is 398 g/mol. The molecule has 0 aliphatic carbocycles. The number of hydrogen-bond acceptors (Lipinski definition) is 0. The van der Waals surface area contributed by atoms with E-state index in [0.717, 1.165) is 5.52 Å². The molecule has 0 fully saturated rings. The molecule has 6 rings (SSSR count). The van der Waals surface area contributed by atoms with Gasteiger partial charge in [0, 0.05) is 33.9 Å². The van der Waals surface area contributed by atoms with Gasteiger partial charge in [-0.2, -0.15) is 0 Å². The summed E-state index contributed by atoms with van der Waals surface area (Å²) in [6.45, 7) is 0. The van der Waals surface area contributed by atoms with E-state index in [1.807, 2.05) is 0 Å². The zero-order valence-electron chi connectivity index (χ0n) is 17.0. The maximum Gasteiger partial charge on any atom is 0.0507 e. The van der Waals surface area contributed by atoms with Crippen LogP contribution in [0.2, 0.25) is 0 Å². The van der Waals surface area contributed by atoms with Crippen molar-refractivity contribution in [1.29, 1.82) is 0 Å². The van der Waals surface area contributed by atoms with Gasteiger partial charge in [-0.1, -0.05) is 97.1 Å². The van der Waals surface area contributed by atoms with Gasteiger partial charge in [-0.05, 0) is 34.4 Å². The van der Waals surface area contributed by atoms with Crippen LogP contribution in [0.3, 0.4) is 0 Å². The average Bonchev–Trinajstić information content (AvgIpc) is 3.43. The Bertz CT molecular complexity index is 1470. The molecule has 2 nitrogen and oxygen atoms in total. The Morgan fingerprint density at radius 2 is 1.16 bits per heavy atom. The van der Waals surface area contributed by atoms with E-state index in [9.17, 15) is 0 Å². The maximum atomic E-state index is 3.73. The Kier molecular flexibility index (Phi) is 4.21. The Labute approximate surface area is 181 Å². The fourth-order valence-electron chi connectivity index (χ4n) is 4.78. The standard InChI is InChI=1S/C29H22N2/c1-3-11-20(12-4-1)27(24-19-30-25-17-9-7-15-22(24)25)28-23-16-8-10-18-26(23)31-29(28)21-13-5-2-6-14-21/h1-19,27,30-31H. The second-order valence-corrected chi connectivity index (χ2v) is 7.96. The first-order chi connectivity index (χ1) is 15.4. The SMILES string of the molecule is c1ccc(-c2[nH]c3ccccc3c2C(c2ccccc2)c2c[nH]c3ccccc23)cc1. The van der Waals surface area contributed by atoms with Gasteiger partial charge in [-0.15, -0.1) is 0 Å². The predicted octanol–water partition coefficient (Wildman–Crippen LogP) is 7.50. The van der Waals surface area contributed by atoms with Crippen LogP contribution in [0.4, 0.5) is 0 Å². The predicted molar refractivity (Wildman–Crippen MR) is 129 cm³/mol. The average molecular weight is 399 g/mol. The molecule has 148 valence electrons. The molecule has 2 heterocycles. The van der Waals surface area contributed by atoms with Gasteiger partial charge in [0.15, 0.2) is 0 Å². The molecule has 0 aliphatic rings. The second kappa shape index (κ2) is 7.33. The van der Waals surface area contributed by atoms with Crippen molar-refractivity contribution in [3.05, 3.63) is 132 Å². The summed E-state index contributed by atoms with van der Waals surface area (Å²) in [7, 11) is 0. The summed E-state index contributed by atoms with van der Waals surface area (Å²) in [4.78, 5) is 7.23. The third-order valence-electron chi connectivity index (χ3n) is 6.16. The van der Waals surface area contributed by atoms with Gasteiger partial charge in [0.25, 0.3) is 0 Å². The molecular weight excluding hydrogens is 376 g/mol. The maximum absolute atomic E-state index is 3.73. The van der Waals surface area contributed by atoms with E-state index >= 15 is 0 Å². The molecule has 0 aliphatic heterocycles. The zero-order chi connectivity index (χ0) is 20.6. The van der Waals surface area contributed by atoms with Crippen molar-refractivity contribution in [2.24, 2.45) is 0 Å². The van der Waals surface area contributed by atoms with Gasteiger partial charge in [0.2, 0.25) is 0 Å². The van der Waals surface area contributed by atoms with E-state index in [4.69, 9.17) is 0 Å². The molecular formula is C29H22N2. The highest BCUT2D eigenvalue weighted by Gasteiger charge is 2.26. The lowest BCUT2D eigenvalue weighted by Gasteiger charge is -2.20. The third kappa shape index (κ3) is 2.96. The molecule has 0 saturated heterocycles. The van der Waals surface area contributed by atoms with Crippen molar-refractivity contribution in [2.45, 2.75) is 5.92 Å². The third-order valence-corrected chi connectivity index (χ3v) is 6.16. The lowest BCUT2D eigenvalue weighted by molar-refractivity contribution is 1.00. The van der Waals surface area contributed by atoms with Crippen LogP contribution in [-0.2, 0) is 0 Å². The number of para-hydroxylation sites is 2. The number of aromatic amines is 2. The van der Waals surface area contributed by atoms with Gasteiger partial charge in [-0.3, -0.25) is 0 Å². The highest BCUT2D eigenvalue weighted by Crippen LogP contribution is 2.44. The minimum Gasteiger partial charge on any atom is -0.361 e. The Morgan fingerprint density at radius 1 is 0.548 bits per heavy atom. The summed E-state index contributed by atoms with van der Waals surface area (Å²) in [6, 6.07) is 38.7. The van der Waals surface area contributed by atoms with Crippen LogP contribution < -0.4 is 0 Å². The first kappa shape index (κ1) is 17.8. The summed E-state index contributed by atoms with van der Waals surface area (Å²) in [5.41, 5.74) is 8.61. The molecule has 0 bridgehead atoms. The summed E-state index contributed by atoms with van der Waals surface area (Å²) >= 11 is 0. The Hall–Kier alpha value is -4.04. The van der Waals surface area contributed by atoms with Gasteiger partial charge < -0.3 is 9.97 Å². The quantitative estimate of drug-likeness (QED) is 0.308. The number of H-pyrrole nitrogens is 2. The van der Waals surface area contributed by atoms with Crippen molar-refractivity contribution >= 4 is 21.8 Å². The van der Waals surface area contributed by atoms with Crippen LogP contribution in [0.1, 0.15) is 22.6 Å². The topological polar surface area (TPSA) is 31.6 Å². The number of aromatic nitrogens is 2. The van der Waals surface area contributed by atoms with Crippen molar-refractivity contribution in [3.8, 4) is 11.3 Å². The van der Waals surface area contributed by atoms with Gasteiger partial charge in [0.1, 0.15) is 0 Å². The first-order valence-corrected chi connectivity index (χ1v) is 10.7. The van der Waals surface area contributed by atoms with E-state index < -0.39 is 0 Å². The van der Waals surface area contributed by atoms with Crippen LogP contribution in [0, 0.1) is 0 Å². The smallest absolute Gasteiger partial charge is 0.0507 e. The number of nitrogens with one attached hydrogen (secondary N) is 2. The number of rotatable bonds is 4. The molecule has 2 heteroatoms. The molecule has 2 aromatic heterocycles. The van der Waals surface area contributed by atoms with E-state index in [1.54, 1.807) is 0 Å². The summed E-state index contributed by atoms with van der Waals surface area (Å²) in [5, 5.41) is 2.53. The molecule has 6 aromatic rings. The lowest BCUT2D eigenvalue weighted by atomic mass is 9.82. The fraction of sp³-hybridized carbons (Fsp3) is 0.0345. The molecule has 1 unspecified atom stereocenters. The Morgan fingerprint density at radius 3 is 1.94 bits per heavy atom. The van der Waals surface area contributed by atoms with E-state index in [2.05, 4.69) is 125 Å². The number of hydrogen-bond donors (Lipinski definition) is 2. The minimum absolute atomic E-state index is 0.101. The van der Waals surface area contributed by atoms with E-state index in [-0.39, 0.29) is 5.92 Å². The first-order valence-electron chi connectivity index (χ1n) is 10.7. The lowest BCUT2D eigenvalue weighted by Crippen LogP contribution is -2.04. The van der Waals surface area contributed by atoms with Crippen LogP contribution in [0.25, 0.3) is 33.1 Å².